The summed E-state index contributed by atoms with van der Waals surface area (Å²) in [4.78, 5) is 13.5. The number of likely N-dealkylation sites (tertiary alicyclic amines) is 1. The predicted octanol–water partition coefficient (Wildman–Crippen LogP) is 2.09. The van der Waals surface area contributed by atoms with E-state index in [2.05, 4.69) is 11.5 Å². The molecule has 2 rings (SSSR count). The molecule has 1 aromatic carbocycles. The van der Waals surface area contributed by atoms with Crippen LogP contribution in [0.15, 0.2) is 36.4 Å². The smallest absolute Gasteiger partial charge is 0.234 e. The van der Waals surface area contributed by atoms with Crippen LogP contribution in [0, 0.1) is 0 Å². The molecule has 1 atom stereocenters. The maximum absolute atomic E-state index is 11.4. The van der Waals surface area contributed by atoms with Gasteiger partial charge in [0.2, 0.25) is 5.91 Å². The summed E-state index contributed by atoms with van der Waals surface area (Å²) >= 11 is 0. The molecule has 0 bridgehead atoms. The highest BCUT2D eigenvalue weighted by atomic mass is 16.5. The lowest BCUT2D eigenvalue weighted by Gasteiger charge is -2.22. The van der Waals surface area contributed by atoms with E-state index >= 15 is 0 Å². The van der Waals surface area contributed by atoms with Crippen LogP contribution in [0.5, 0.6) is 5.75 Å². The van der Waals surface area contributed by atoms with Gasteiger partial charge in [-0.15, -0.1) is 0 Å². The molecule has 0 unspecified atom stereocenters. The Bertz CT molecular complexity index is 499. The van der Waals surface area contributed by atoms with Crippen molar-refractivity contribution < 1.29 is 9.53 Å². The quantitative estimate of drug-likeness (QED) is 0.808. The minimum Gasteiger partial charge on any atom is -0.489 e. The van der Waals surface area contributed by atoms with Gasteiger partial charge in [-0.3, -0.25) is 9.69 Å². The lowest BCUT2D eigenvalue weighted by atomic mass is 10.1. The molecule has 2 N–H and O–H groups in total. The molecule has 0 spiro atoms. The monoisotopic (exact) mass is 274 g/mol. The van der Waals surface area contributed by atoms with Crippen molar-refractivity contribution in [3.8, 4) is 5.75 Å². The summed E-state index contributed by atoms with van der Waals surface area (Å²) in [5, 5.41) is 0. The molecule has 1 fully saturated rings. The fourth-order valence-electron chi connectivity index (χ4n) is 2.51. The topological polar surface area (TPSA) is 55.6 Å². The summed E-state index contributed by atoms with van der Waals surface area (Å²) in [6.45, 7) is 7.94. The third kappa shape index (κ3) is 3.84. The Morgan fingerprint density at radius 2 is 2.35 bits per heavy atom. The Kier molecular flexibility index (Phi) is 4.79. The third-order valence-corrected chi connectivity index (χ3v) is 3.46. The fraction of sp³-hybridized carbons (Fsp3) is 0.438. The fourth-order valence-corrected chi connectivity index (χ4v) is 2.51. The first-order valence-corrected chi connectivity index (χ1v) is 6.96. The van der Waals surface area contributed by atoms with Gasteiger partial charge in [0.1, 0.15) is 12.4 Å². The SMILES string of the molecule is C=C(C)COc1cccc(CN2CCC[C@H]2C(N)=O)c1. The number of hydrogen-bond acceptors (Lipinski definition) is 3. The van der Waals surface area contributed by atoms with Crippen molar-refractivity contribution in [2.45, 2.75) is 32.4 Å². The zero-order chi connectivity index (χ0) is 14.5. The van der Waals surface area contributed by atoms with Crippen molar-refractivity contribution in [2.75, 3.05) is 13.2 Å². The minimum atomic E-state index is -0.225. The Balaban J connectivity index is 2.00. The normalized spacial score (nSPS) is 18.9. The van der Waals surface area contributed by atoms with Gasteiger partial charge >= 0.3 is 0 Å². The molecule has 1 heterocycles. The second-order valence-electron chi connectivity index (χ2n) is 5.42. The molecule has 1 aromatic rings. The van der Waals surface area contributed by atoms with Crippen LogP contribution in [-0.2, 0) is 11.3 Å². The summed E-state index contributed by atoms with van der Waals surface area (Å²) in [7, 11) is 0. The highest BCUT2D eigenvalue weighted by Gasteiger charge is 2.28. The van der Waals surface area contributed by atoms with E-state index in [0.29, 0.717) is 6.61 Å². The number of hydrogen-bond donors (Lipinski definition) is 1. The van der Waals surface area contributed by atoms with E-state index in [9.17, 15) is 4.79 Å². The summed E-state index contributed by atoms with van der Waals surface area (Å²) in [6, 6.07) is 7.83. The summed E-state index contributed by atoms with van der Waals surface area (Å²) < 4.78 is 5.64. The maximum Gasteiger partial charge on any atom is 0.234 e. The second kappa shape index (κ2) is 6.57. The molecule has 0 aromatic heterocycles. The first-order chi connectivity index (χ1) is 9.56. The Morgan fingerprint density at radius 1 is 1.55 bits per heavy atom. The van der Waals surface area contributed by atoms with Gasteiger partial charge in [-0.05, 0) is 49.6 Å². The number of ether oxygens (including phenoxy) is 1. The molecular weight excluding hydrogens is 252 g/mol. The molecule has 0 aliphatic carbocycles. The van der Waals surface area contributed by atoms with E-state index in [4.69, 9.17) is 10.5 Å². The van der Waals surface area contributed by atoms with E-state index < -0.39 is 0 Å². The second-order valence-corrected chi connectivity index (χ2v) is 5.42. The van der Waals surface area contributed by atoms with Crippen molar-refractivity contribution in [1.82, 2.24) is 4.90 Å². The van der Waals surface area contributed by atoms with Crippen LogP contribution < -0.4 is 10.5 Å². The standard InChI is InChI=1S/C16H22N2O2/c1-12(2)11-20-14-6-3-5-13(9-14)10-18-8-4-7-15(18)16(17)19/h3,5-6,9,15H,1,4,7-8,10-11H2,2H3,(H2,17,19)/t15-/m0/s1. The molecule has 0 radical (unpaired) electrons. The number of carbonyl (C=O) groups excluding carboxylic acids is 1. The largest absolute Gasteiger partial charge is 0.489 e. The summed E-state index contributed by atoms with van der Waals surface area (Å²) in [6.07, 6.45) is 1.89. The van der Waals surface area contributed by atoms with Gasteiger partial charge in [0.05, 0.1) is 6.04 Å². The number of primary amides is 1. The van der Waals surface area contributed by atoms with E-state index in [1.165, 1.54) is 0 Å². The average molecular weight is 274 g/mol. The lowest BCUT2D eigenvalue weighted by Crippen LogP contribution is -2.39. The first kappa shape index (κ1) is 14.6. The number of amides is 1. The van der Waals surface area contributed by atoms with Crippen molar-refractivity contribution >= 4 is 5.91 Å². The van der Waals surface area contributed by atoms with Crippen LogP contribution in [0.2, 0.25) is 0 Å². The van der Waals surface area contributed by atoms with Gasteiger partial charge in [0.15, 0.2) is 0 Å². The van der Waals surface area contributed by atoms with E-state index in [1.807, 2.05) is 31.2 Å². The zero-order valence-electron chi connectivity index (χ0n) is 12.0. The number of rotatable bonds is 6. The van der Waals surface area contributed by atoms with Gasteiger partial charge in [-0.25, -0.2) is 0 Å². The van der Waals surface area contributed by atoms with Crippen molar-refractivity contribution in [3.63, 3.8) is 0 Å². The molecule has 1 aliphatic rings. The number of carbonyl (C=O) groups is 1. The van der Waals surface area contributed by atoms with Crippen LogP contribution >= 0.6 is 0 Å². The summed E-state index contributed by atoms with van der Waals surface area (Å²) in [5.74, 6) is 0.609. The van der Waals surface area contributed by atoms with E-state index in [1.54, 1.807) is 0 Å². The zero-order valence-corrected chi connectivity index (χ0v) is 12.0. The van der Waals surface area contributed by atoms with Crippen molar-refractivity contribution in [3.05, 3.63) is 42.0 Å². The number of benzene rings is 1. The molecular formula is C16H22N2O2. The Hall–Kier alpha value is -1.81. The Morgan fingerprint density at radius 3 is 3.05 bits per heavy atom. The molecule has 4 heteroatoms. The maximum atomic E-state index is 11.4. The van der Waals surface area contributed by atoms with Crippen molar-refractivity contribution in [2.24, 2.45) is 5.73 Å². The number of nitrogens with two attached hydrogens (primary N) is 1. The molecule has 20 heavy (non-hydrogen) atoms. The number of nitrogens with zero attached hydrogens (tertiary/aromatic N) is 1. The summed E-state index contributed by atoms with van der Waals surface area (Å²) in [5.41, 5.74) is 7.56. The van der Waals surface area contributed by atoms with Gasteiger partial charge in [-0.2, -0.15) is 0 Å². The van der Waals surface area contributed by atoms with Crippen LogP contribution in [0.3, 0.4) is 0 Å². The molecule has 1 amide bonds. The third-order valence-electron chi connectivity index (χ3n) is 3.46. The van der Waals surface area contributed by atoms with Crippen LogP contribution in [0.4, 0.5) is 0 Å². The first-order valence-electron chi connectivity index (χ1n) is 6.96. The Labute approximate surface area is 120 Å². The van der Waals surface area contributed by atoms with E-state index in [-0.39, 0.29) is 11.9 Å². The predicted molar refractivity (Wildman–Crippen MR) is 79.4 cm³/mol. The van der Waals surface area contributed by atoms with Crippen molar-refractivity contribution in [1.29, 1.82) is 0 Å². The highest BCUT2D eigenvalue weighted by molar-refractivity contribution is 5.80. The van der Waals surface area contributed by atoms with Gasteiger partial charge in [0, 0.05) is 6.54 Å². The molecule has 0 saturated carbocycles. The highest BCUT2D eigenvalue weighted by Crippen LogP contribution is 2.22. The van der Waals surface area contributed by atoms with E-state index in [0.717, 1.165) is 42.8 Å². The van der Waals surface area contributed by atoms with Crippen LogP contribution in [0.25, 0.3) is 0 Å². The molecule has 1 saturated heterocycles. The molecule has 1 aliphatic heterocycles. The molecule has 4 nitrogen and oxygen atoms in total. The van der Waals surface area contributed by atoms with Gasteiger partial charge in [0.25, 0.3) is 0 Å². The minimum absolute atomic E-state index is 0.130. The van der Waals surface area contributed by atoms with Gasteiger partial charge in [-0.1, -0.05) is 18.7 Å². The molecule has 108 valence electrons. The van der Waals surface area contributed by atoms with Crippen LogP contribution in [0.1, 0.15) is 25.3 Å². The van der Waals surface area contributed by atoms with Gasteiger partial charge < -0.3 is 10.5 Å². The lowest BCUT2D eigenvalue weighted by molar-refractivity contribution is -0.122. The van der Waals surface area contributed by atoms with Crippen LogP contribution in [-0.4, -0.2) is 30.0 Å². The average Bonchev–Trinajstić information content (AvgIpc) is 2.85.